The van der Waals surface area contributed by atoms with Crippen LogP contribution >= 0.6 is 0 Å². The van der Waals surface area contributed by atoms with Crippen molar-refractivity contribution in [2.24, 2.45) is 5.92 Å². The average molecular weight is 233 g/mol. The van der Waals surface area contributed by atoms with Crippen LogP contribution in [0.3, 0.4) is 0 Å². The second-order valence-corrected chi connectivity index (χ2v) is 4.97. The molecule has 2 saturated heterocycles. The van der Waals surface area contributed by atoms with Crippen molar-refractivity contribution in [1.29, 1.82) is 0 Å². The zero-order valence-electron chi connectivity index (χ0n) is 9.92. The van der Waals surface area contributed by atoms with E-state index in [-0.39, 0.29) is 6.54 Å². The molecule has 94 valence electrons. The summed E-state index contributed by atoms with van der Waals surface area (Å²) in [5.41, 5.74) is 0. The summed E-state index contributed by atoms with van der Waals surface area (Å²) in [6, 6.07) is 0.317. The molecule has 2 nitrogen and oxygen atoms in total. The largest absolute Gasteiger partial charge is 0.381 e. The Kier molecular flexibility index (Phi) is 3.80. The lowest BCUT2D eigenvalue weighted by molar-refractivity contribution is -0.127. The molecule has 0 bridgehead atoms. The van der Waals surface area contributed by atoms with Gasteiger partial charge in [-0.25, -0.2) is 8.78 Å². The molecule has 0 spiro atoms. The molecule has 0 N–H and O–H groups in total. The van der Waals surface area contributed by atoms with Gasteiger partial charge in [0.05, 0.1) is 6.54 Å². The lowest BCUT2D eigenvalue weighted by atomic mass is 9.89. The Hall–Kier alpha value is -0.220. The number of nitrogens with zero attached hydrogens (tertiary/aromatic N) is 1. The van der Waals surface area contributed by atoms with E-state index in [1.54, 1.807) is 0 Å². The van der Waals surface area contributed by atoms with Crippen molar-refractivity contribution < 1.29 is 13.5 Å². The molecular weight excluding hydrogens is 212 g/mol. The van der Waals surface area contributed by atoms with E-state index in [2.05, 4.69) is 0 Å². The van der Waals surface area contributed by atoms with E-state index in [4.69, 9.17) is 4.74 Å². The summed E-state index contributed by atoms with van der Waals surface area (Å²) in [5, 5.41) is 0. The predicted octanol–water partition coefficient (Wildman–Crippen LogP) is 2.53. The van der Waals surface area contributed by atoms with Gasteiger partial charge in [0.15, 0.2) is 0 Å². The van der Waals surface area contributed by atoms with E-state index in [1.165, 1.54) is 0 Å². The van der Waals surface area contributed by atoms with Crippen LogP contribution in [0.4, 0.5) is 8.78 Å². The minimum Gasteiger partial charge on any atom is -0.381 e. The maximum Gasteiger partial charge on any atom is 0.263 e. The Morgan fingerprint density at radius 2 is 1.94 bits per heavy atom. The monoisotopic (exact) mass is 233 g/mol. The van der Waals surface area contributed by atoms with E-state index >= 15 is 0 Å². The second-order valence-electron chi connectivity index (χ2n) is 4.97. The van der Waals surface area contributed by atoms with E-state index in [0.717, 1.165) is 32.6 Å². The molecule has 0 radical (unpaired) electrons. The molecule has 0 saturated carbocycles. The lowest BCUT2D eigenvalue weighted by Gasteiger charge is -2.43. The highest BCUT2D eigenvalue weighted by atomic mass is 19.3. The highest BCUT2D eigenvalue weighted by molar-refractivity contribution is 4.89. The number of likely N-dealkylation sites (tertiary alicyclic amines) is 1. The summed E-state index contributed by atoms with van der Waals surface area (Å²) >= 11 is 0. The topological polar surface area (TPSA) is 12.5 Å². The summed E-state index contributed by atoms with van der Waals surface area (Å²) in [5.74, 6) is -2.91. The molecular formula is C12H21F2NO. The van der Waals surface area contributed by atoms with Gasteiger partial charge in [-0.3, -0.25) is 4.90 Å². The molecule has 0 aromatic carbocycles. The Morgan fingerprint density at radius 1 is 1.25 bits per heavy atom. The third-order valence-corrected chi connectivity index (χ3v) is 3.98. The van der Waals surface area contributed by atoms with Gasteiger partial charge in [-0.1, -0.05) is 6.92 Å². The SMILES string of the molecule is CC[C@@H]1CCN(C2CCOCC2)CC1(F)F. The molecule has 0 amide bonds. The summed E-state index contributed by atoms with van der Waals surface area (Å²) in [4.78, 5) is 1.98. The molecule has 2 aliphatic rings. The Labute approximate surface area is 95.9 Å². The molecule has 2 aliphatic heterocycles. The summed E-state index contributed by atoms with van der Waals surface area (Å²) in [6.07, 6.45) is 3.05. The zero-order chi connectivity index (χ0) is 11.6. The molecule has 0 aliphatic carbocycles. The average Bonchev–Trinajstić information content (AvgIpc) is 2.29. The molecule has 0 aromatic heterocycles. The normalized spacial score (nSPS) is 32.8. The first-order valence-corrected chi connectivity index (χ1v) is 6.33. The van der Waals surface area contributed by atoms with Gasteiger partial charge < -0.3 is 4.74 Å². The third-order valence-electron chi connectivity index (χ3n) is 3.98. The third kappa shape index (κ3) is 2.54. The van der Waals surface area contributed by atoms with Crippen LogP contribution in [0.15, 0.2) is 0 Å². The molecule has 4 heteroatoms. The standard InChI is InChI=1S/C12H21F2NO/c1-2-10-3-6-15(9-12(10,13)14)11-4-7-16-8-5-11/h10-11H,2-9H2,1H3/t10-/m1/s1. The fraction of sp³-hybridized carbons (Fsp3) is 1.00. The summed E-state index contributed by atoms with van der Waals surface area (Å²) < 4.78 is 32.9. The molecule has 0 unspecified atom stereocenters. The molecule has 2 heterocycles. The molecule has 0 aromatic rings. The summed E-state index contributed by atoms with van der Waals surface area (Å²) in [7, 11) is 0. The van der Waals surface area contributed by atoms with Crippen molar-refractivity contribution in [3.63, 3.8) is 0 Å². The summed E-state index contributed by atoms with van der Waals surface area (Å²) in [6.45, 7) is 4.10. The minimum atomic E-state index is -2.49. The van der Waals surface area contributed by atoms with E-state index in [9.17, 15) is 8.78 Å². The predicted molar refractivity (Wildman–Crippen MR) is 58.8 cm³/mol. The number of hydrogen-bond acceptors (Lipinski definition) is 2. The zero-order valence-corrected chi connectivity index (χ0v) is 9.92. The van der Waals surface area contributed by atoms with Crippen LogP contribution < -0.4 is 0 Å². The fourth-order valence-electron chi connectivity index (χ4n) is 2.88. The maximum absolute atomic E-state index is 13.8. The van der Waals surface area contributed by atoms with Gasteiger partial charge in [-0.2, -0.15) is 0 Å². The number of alkyl halides is 2. The van der Waals surface area contributed by atoms with Gasteiger partial charge in [0.2, 0.25) is 0 Å². The number of hydrogen-bond donors (Lipinski definition) is 0. The van der Waals surface area contributed by atoms with Crippen molar-refractivity contribution in [2.75, 3.05) is 26.3 Å². The van der Waals surface area contributed by atoms with Crippen LogP contribution in [0, 0.1) is 5.92 Å². The van der Waals surface area contributed by atoms with Gasteiger partial charge in [-0.15, -0.1) is 0 Å². The number of piperidine rings is 1. The van der Waals surface area contributed by atoms with Crippen molar-refractivity contribution in [2.45, 2.75) is 44.6 Å². The quantitative estimate of drug-likeness (QED) is 0.726. The van der Waals surface area contributed by atoms with Crippen molar-refractivity contribution >= 4 is 0 Å². The first-order valence-electron chi connectivity index (χ1n) is 6.33. The van der Waals surface area contributed by atoms with E-state index in [0.29, 0.717) is 18.9 Å². The van der Waals surface area contributed by atoms with E-state index in [1.807, 2.05) is 11.8 Å². The van der Waals surface area contributed by atoms with Crippen molar-refractivity contribution in [1.82, 2.24) is 4.90 Å². The fourth-order valence-corrected chi connectivity index (χ4v) is 2.88. The molecule has 2 fully saturated rings. The highest BCUT2D eigenvalue weighted by Gasteiger charge is 2.44. The van der Waals surface area contributed by atoms with Gasteiger partial charge in [-0.05, 0) is 32.2 Å². The van der Waals surface area contributed by atoms with Gasteiger partial charge in [0, 0.05) is 25.2 Å². The number of ether oxygens (including phenoxy) is 1. The van der Waals surface area contributed by atoms with Crippen LogP contribution in [0.1, 0.15) is 32.6 Å². The second kappa shape index (κ2) is 4.96. The van der Waals surface area contributed by atoms with Gasteiger partial charge in [0.25, 0.3) is 5.92 Å². The van der Waals surface area contributed by atoms with Crippen molar-refractivity contribution in [3.8, 4) is 0 Å². The molecule has 16 heavy (non-hydrogen) atoms. The van der Waals surface area contributed by atoms with Crippen molar-refractivity contribution in [3.05, 3.63) is 0 Å². The first-order chi connectivity index (χ1) is 7.63. The molecule has 1 atom stereocenters. The van der Waals surface area contributed by atoms with Crippen LogP contribution in [0.5, 0.6) is 0 Å². The maximum atomic E-state index is 13.8. The highest BCUT2D eigenvalue weighted by Crippen LogP contribution is 2.36. The number of halogens is 2. The van der Waals surface area contributed by atoms with Crippen LogP contribution in [0.25, 0.3) is 0 Å². The van der Waals surface area contributed by atoms with E-state index < -0.39 is 11.8 Å². The molecule has 2 rings (SSSR count). The Morgan fingerprint density at radius 3 is 2.50 bits per heavy atom. The van der Waals surface area contributed by atoms with Crippen LogP contribution in [0.2, 0.25) is 0 Å². The van der Waals surface area contributed by atoms with Gasteiger partial charge >= 0.3 is 0 Å². The Bertz CT molecular complexity index is 229. The Balaban J connectivity index is 1.93. The minimum absolute atomic E-state index is 0.0455. The van der Waals surface area contributed by atoms with Gasteiger partial charge in [0.1, 0.15) is 0 Å². The van der Waals surface area contributed by atoms with Crippen LogP contribution in [-0.4, -0.2) is 43.2 Å². The first kappa shape index (κ1) is 12.2. The number of rotatable bonds is 2. The lowest BCUT2D eigenvalue weighted by Crippen LogP contribution is -2.53. The van der Waals surface area contributed by atoms with Crippen LogP contribution in [-0.2, 0) is 4.74 Å². The smallest absolute Gasteiger partial charge is 0.263 e.